The third kappa shape index (κ3) is 2.51. The number of pyridine rings is 1. The minimum absolute atomic E-state index is 0.0345. The van der Waals surface area contributed by atoms with Crippen LogP contribution in [-0.2, 0) is 11.2 Å². The molecule has 4 N–H and O–H groups in total. The largest absolute Gasteiger partial charge is 0.393 e. The summed E-state index contributed by atoms with van der Waals surface area (Å²) in [5, 5.41) is 18.1. The maximum absolute atomic E-state index is 10.7. The van der Waals surface area contributed by atoms with Crippen LogP contribution < -0.4 is 5.73 Å². The Hall–Kier alpha value is -1.46. The third-order valence-electron chi connectivity index (χ3n) is 1.80. The Morgan fingerprint density at radius 3 is 2.93 bits per heavy atom. The molecule has 0 fully saturated rings. The van der Waals surface area contributed by atoms with Gasteiger partial charge in [-0.3, -0.25) is 9.78 Å². The van der Waals surface area contributed by atoms with E-state index < -0.39 is 18.6 Å². The number of amides is 1. The van der Waals surface area contributed by atoms with E-state index in [1.807, 2.05) is 0 Å². The van der Waals surface area contributed by atoms with Crippen LogP contribution in [0.25, 0.3) is 0 Å². The molecule has 1 rings (SSSR count). The monoisotopic (exact) mass is 196 g/mol. The summed E-state index contributed by atoms with van der Waals surface area (Å²) in [6, 6.07) is 3.23. The van der Waals surface area contributed by atoms with Crippen LogP contribution in [0.15, 0.2) is 18.3 Å². The molecule has 0 bridgehead atoms. The van der Waals surface area contributed by atoms with Crippen molar-refractivity contribution in [3.8, 4) is 0 Å². The average molecular weight is 196 g/mol. The van der Waals surface area contributed by atoms with Crippen LogP contribution in [0.1, 0.15) is 17.4 Å². The van der Waals surface area contributed by atoms with Crippen molar-refractivity contribution in [1.82, 2.24) is 4.98 Å². The van der Waals surface area contributed by atoms with Crippen LogP contribution >= 0.6 is 0 Å². The SMILES string of the molecule is NC(=O)Cc1ncccc1C(O)CO. The summed E-state index contributed by atoms with van der Waals surface area (Å²) in [6.45, 7) is -0.405. The van der Waals surface area contributed by atoms with Gasteiger partial charge in [-0.1, -0.05) is 6.07 Å². The minimum atomic E-state index is -1.02. The van der Waals surface area contributed by atoms with E-state index in [0.29, 0.717) is 11.3 Å². The number of hydrogen-bond acceptors (Lipinski definition) is 4. The van der Waals surface area contributed by atoms with Crippen molar-refractivity contribution in [2.24, 2.45) is 5.73 Å². The highest BCUT2D eigenvalue weighted by atomic mass is 16.3. The zero-order valence-corrected chi connectivity index (χ0v) is 7.55. The van der Waals surface area contributed by atoms with Gasteiger partial charge in [-0.15, -0.1) is 0 Å². The molecule has 0 aromatic carbocycles. The summed E-state index contributed by atoms with van der Waals surface area (Å²) in [4.78, 5) is 14.6. The highest BCUT2D eigenvalue weighted by Crippen LogP contribution is 2.15. The van der Waals surface area contributed by atoms with Gasteiger partial charge in [-0.25, -0.2) is 0 Å². The summed E-state index contributed by atoms with van der Waals surface area (Å²) in [5.74, 6) is -0.518. The second-order valence-electron chi connectivity index (χ2n) is 2.88. The topological polar surface area (TPSA) is 96.4 Å². The van der Waals surface area contributed by atoms with Crippen molar-refractivity contribution in [3.63, 3.8) is 0 Å². The fourth-order valence-electron chi connectivity index (χ4n) is 1.16. The first kappa shape index (κ1) is 10.6. The number of carbonyl (C=O) groups is 1. The molecule has 1 aromatic rings. The predicted octanol–water partition coefficient (Wildman–Crippen LogP) is -0.865. The molecule has 0 spiro atoms. The second-order valence-corrected chi connectivity index (χ2v) is 2.88. The second kappa shape index (κ2) is 4.69. The number of aromatic nitrogens is 1. The number of primary amides is 1. The van der Waals surface area contributed by atoms with Gasteiger partial charge < -0.3 is 15.9 Å². The average Bonchev–Trinajstić information content (AvgIpc) is 2.16. The Kier molecular flexibility index (Phi) is 3.55. The van der Waals surface area contributed by atoms with Gasteiger partial charge >= 0.3 is 0 Å². The van der Waals surface area contributed by atoms with Crippen molar-refractivity contribution in [1.29, 1.82) is 0 Å². The molecule has 0 aliphatic carbocycles. The van der Waals surface area contributed by atoms with E-state index in [1.165, 1.54) is 6.20 Å². The van der Waals surface area contributed by atoms with Gasteiger partial charge in [0.2, 0.25) is 5.91 Å². The molecule has 76 valence electrons. The zero-order chi connectivity index (χ0) is 10.6. The quantitative estimate of drug-likeness (QED) is 0.583. The molecule has 5 nitrogen and oxygen atoms in total. The zero-order valence-electron chi connectivity index (χ0n) is 7.55. The molecule has 0 radical (unpaired) electrons. The Balaban J connectivity index is 2.96. The molecular formula is C9H12N2O3. The van der Waals surface area contributed by atoms with Crippen molar-refractivity contribution >= 4 is 5.91 Å². The van der Waals surface area contributed by atoms with E-state index in [0.717, 1.165) is 0 Å². The highest BCUT2D eigenvalue weighted by Gasteiger charge is 2.13. The summed E-state index contributed by atoms with van der Waals surface area (Å²) in [5.41, 5.74) is 5.85. The van der Waals surface area contributed by atoms with Crippen LogP contribution in [0.2, 0.25) is 0 Å². The molecule has 1 aromatic heterocycles. The van der Waals surface area contributed by atoms with Gasteiger partial charge in [-0.2, -0.15) is 0 Å². The molecule has 0 saturated carbocycles. The molecule has 0 aliphatic rings. The first-order valence-corrected chi connectivity index (χ1v) is 4.16. The van der Waals surface area contributed by atoms with Gasteiger partial charge in [0.25, 0.3) is 0 Å². The molecule has 0 aliphatic heterocycles. The number of nitrogens with two attached hydrogens (primary N) is 1. The van der Waals surface area contributed by atoms with Gasteiger partial charge in [0.15, 0.2) is 0 Å². The number of nitrogens with zero attached hydrogens (tertiary/aromatic N) is 1. The predicted molar refractivity (Wildman–Crippen MR) is 49.2 cm³/mol. The van der Waals surface area contributed by atoms with Gasteiger partial charge in [0.1, 0.15) is 6.10 Å². The van der Waals surface area contributed by atoms with Crippen LogP contribution in [0, 0.1) is 0 Å². The maximum Gasteiger partial charge on any atom is 0.223 e. The molecule has 1 unspecified atom stereocenters. The molecule has 1 heterocycles. The number of aliphatic hydroxyl groups is 2. The fraction of sp³-hybridized carbons (Fsp3) is 0.333. The molecular weight excluding hydrogens is 184 g/mol. The Bertz CT molecular complexity index is 328. The Labute approximate surface area is 81.2 Å². The van der Waals surface area contributed by atoms with Crippen LogP contribution in [0.4, 0.5) is 0 Å². The Morgan fingerprint density at radius 2 is 2.36 bits per heavy atom. The molecule has 1 atom stereocenters. The minimum Gasteiger partial charge on any atom is -0.393 e. The van der Waals surface area contributed by atoms with Crippen molar-refractivity contribution in [3.05, 3.63) is 29.6 Å². The van der Waals surface area contributed by atoms with Gasteiger partial charge in [-0.05, 0) is 6.07 Å². The summed E-state index contributed by atoms with van der Waals surface area (Å²) in [6.07, 6.45) is 0.456. The van der Waals surface area contributed by atoms with E-state index in [4.69, 9.17) is 10.8 Å². The smallest absolute Gasteiger partial charge is 0.223 e. The van der Waals surface area contributed by atoms with Gasteiger partial charge in [0, 0.05) is 11.8 Å². The van der Waals surface area contributed by atoms with Crippen molar-refractivity contribution in [2.75, 3.05) is 6.61 Å². The fourth-order valence-corrected chi connectivity index (χ4v) is 1.16. The molecule has 5 heteroatoms. The first-order chi connectivity index (χ1) is 6.65. The van der Waals surface area contributed by atoms with Crippen LogP contribution in [0.5, 0.6) is 0 Å². The van der Waals surface area contributed by atoms with Crippen molar-refractivity contribution in [2.45, 2.75) is 12.5 Å². The van der Waals surface area contributed by atoms with E-state index in [2.05, 4.69) is 4.98 Å². The standard InChI is InChI=1S/C9H12N2O3/c10-9(14)4-7-6(8(13)5-12)2-1-3-11-7/h1-3,8,12-13H,4-5H2,(H2,10,14). The lowest BCUT2D eigenvalue weighted by Crippen LogP contribution is -2.17. The lowest BCUT2D eigenvalue weighted by molar-refractivity contribution is -0.117. The van der Waals surface area contributed by atoms with Crippen LogP contribution in [0.3, 0.4) is 0 Å². The lowest BCUT2D eigenvalue weighted by Gasteiger charge is -2.10. The first-order valence-electron chi connectivity index (χ1n) is 4.16. The number of rotatable bonds is 4. The molecule has 14 heavy (non-hydrogen) atoms. The normalized spacial score (nSPS) is 12.4. The summed E-state index contributed by atoms with van der Waals surface area (Å²) < 4.78 is 0. The van der Waals surface area contributed by atoms with E-state index >= 15 is 0 Å². The number of carbonyl (C=O) groups excluding carboxylic acids is 1. The number of aliphatic hydroxyl groups excluding tert-OH is 2. The highest BCUT2D eigenvalue weighted by molar-refractivity contribution is 5.76. The molecule has 1 amide bonds. The van der Waals surface area contributed by atoms with Crippen molar-refractivity contribution < 1.29 is 15.0 Å². The van der Waals surface area contributed by atoms with E-state index in [9.17, 15) is 9.90 Å². The Morgan fingerprint density at radius 1 is 1.64 bits per heavy atom. The van der Waals surface area contributed by atoms with E-state index in [1.54, 1.807) is 12.1 Å². The summed E-state index contributed by atoms with van der Waals surface area (Å²) >= 11 is 0. The summed E-state index contributed by atoms with van der Waals surface area (Å²) in [7, 11) is 0. The number of hydrogen-bond donors (Lipinski definition) is 3. The third-order valence-corrected chi connectivity index (χ3v) is 1.80. The molecule has 0 saturated heterocycles. The van der Waals surface area contributed by atoms with Crippen LogP contribution in [-0.4, -0.2) is 27.7 Å². The maximum atomic E-state index is 10.7. The van der Waals surface area contributed by atoms with E-state index in [-0.39, 0.29) is 6.42 Å². The lowest BCUT2D eigenvalue weighted by atomic mass is 10.1. The van der Waals surface area contributed by atoms with Gasteiger partial charge in [0.05, 0.1) is 18.7 Å².